The van der Waals surface area contributed by atoms with E-state index in [1.54, 1.807) is 0 Å². The van der Waals surface area contributed by atoms with E-state index in [-0.39, 0.29) is 18.1 Å². The highest BCUT2D eigenvalue weighted by atomic mass is 16.3. The predicted molar refractivity (Wildman–Crippen MR) is 71.2 cm³/mol. The molecule has 1 heterocycles. The lowest BCUT2D eigenvalue weighted by molar-refractivity contribution is 0.110. The Morgan fingerprint density at radius 2 is 2.18 bits per heavy atom. The number of hydrogen-bond donors (Lipinski definition) is 2. The van der Waals surface area contributed by atoms with Gasteiger partial charge in [0.1, 0.15) is 0 Å². The zero-order valence-corrected chi connectivity index (χ0v) is 10.6. The summed E-state index contributed by atoms with van der Waals surface area (Å²) in [4.78, 5) is 2.29. The summed E-state index contributed by atoms with van der Waals surface area (Å²) in [5, 5.41) is 9.73. The SMILES string of the molecule is Cc1cccc(N2CC(N)CC(C(C)O)C2)c1. The minimum atomic E-state index is -0.284. The molecule has 2 rings (SSSR count). The van der Waals surface area contributed by atoms with Crippen molar-refractivity contribution >= 4 is 5.69 Å². The fraction of sp³-hybridized carbons (Fsp3) is 0.571. The second-order valence-corrected chi connectivity index (χ2v) is 5.24. The monoisotopic (exact) mass is 234 g/mol. The van der Waals surface area contributed by atoms with Gasteiger partial charge in [0.2, 0.25) is 0 Å². The molecular weight excluding hydrogens is 212 g/mol. The Hall–Kier alpha value is -1.06. The highest BCUT2D eigenvalue weighted by Crippen LogP contribution is 2.25. The fourth-order valence-corrected chi connectivity index (χ4v) is 2.56. The van der Waals surface area contributed by atoms with Crippen LogP contribution in [0.2, 0.25) is 0 Å². The third kappa shape index (κ3) is 2.99. The smallest absolute Gasteiger partial charge is 0.0557 e. The maximum absolute atomic E-state index is 9.73. The molecule has 94 valence electrons. The second kappa shape index (κ2) is 5.07. The van der Waals surface area contributed by atoms with Crippen LogP contribution in [0, 0.1) is 12.8 Å². The number of nitrogens with two attached hydrogens (primary N) is 1. The van der Waals surface area contributed by atoms with Gasteiger partial charge in [-0.3, -0.25) is 0 Å². The number of hydrogen-bond acceptors (Lipinski definition) is 3. The molecule has 1 saturated heterocycles. The van der Waals surface area contributed by atoms with Crippen LogP contribution in [0.3, 0.4) is 0 Å². The Morgan fingerprint density at radius 3 is 2.82 bits per heavy atom. The third-order valence-corrected chi connectivity index (χ3v) is 3.56. The number of anilines is 1. The molecule has 1 aliphatic heterocycles. The van der Waals surface area contributed by atoms with Crippen LogP contribution in [-0.4, -0.2) is 30.3 Å². The molecule has 3 unspecified atom stereocenters. The van der Waals surface area contributed by atoms with E-state index in [2.05, 4.69) is 36.1 Å². The summed E-state index contributed by atoms with van der Waals surface area (Å²) in [5.74, 6) is 0.277. The van der Waals surface area contributed by atoms with Crippen molar-refractivity contribution in [2.75, 3.05) is 18.0 Å². The van der Waals surface area contributed by atoms with E-state index < -0.39 is 0 Å². The van der Waals surface area contributed by atoms with E-state index in [4.69, 9.17) is 5.73 Å². The molecule has 1 aliphatic rings. The average molecular weight is 234 g/mol. The van der Waals surface area contributed by atoms with E-state index >= 15 is 0 Å². The first-order valence-electron chi connectivity index (χ1n) is 6.31. The van der Waals surface area contributed by atoms with Crippen molar-refractivity contribution in [3.8, 4) is 0 Å². The van der Waals surface area contributed by atoms with Crippen LogP contribution in [-0.2, 0) is 0 Å². The summed E-state index contributed by atoms with van der Waals surface area (Å²) in [7, 11) is 0. The lowest BCUT2D eigenvalue weighted by Crippen LogP contribution is -2.49. The molecule has 0 bridgehead atoms. The topological polar surface area (TPSA) is 49.5 Å². The van der Waals surface area contributed by atoms with Crippen molar-refractivity contribution < 1.29 is 5.11 Å². The Kier molecular flexibility index (Phi) is 3.69. The minimum Gasteiger partial charge on any atom is -0.393 e. The van der Waals surface area contributed by atoms with Gasteiger partial charge in [-0.05, 0) is 38.0 Å². The molecule has 1 aromatic rings. The number of benzene rings is 1. The van der Waals surface area contributed by atoms with E-state index in [1.807, 2.05) is 6.92 Å². The molecule has 0 radical (unpaired) electrons. The standard InChI is InChI=1S/C14H22N2O/c1-10-4-3-5-14(6-10)16-8-12(11(2)17)7-13(15)9-16/h3-6,11-13,17H,7-9,15H2,1-2H3. The Labute approximate surface area is 103 Å². The summed E-state index contributed by atoms with van der Waals surface area (Å²) in [6.45, 7) is 5.73. The molecule has 3 atom stereocenters. The molecule has 1 aromatic carbocycles. The van der Waals surface area contributed by atoms with Crippen LogP contribution in [0.4, 0.5) is 5.69 Å². The van der Waals surface area contributed by atoms with Crippen LogP contribution < -0.4 is 10.6 Å². The van der Waals surface area contributed by atoms with Gasteiger partial charge in [-0.1, -0.05) is 12.1 Å². The normalized spacial score (nSPS) is 26.9. The molecule has 3 N–H and O–H groups in total. The van der Waals surface area contributed by atoms with E-state index in [9.17, 15) is 5.11 Å². The average Bonchev–Trinajstić information content (AvgIpc) is 2.28. The highest BCUT2D eigenvalue weighted by Gasteiger charge is 2.28. The van der Waals surface area contributed by atoms with Gasteiger partial charge in [0.15, 0.2) is 0 Å². The van der Waals surface area contributed by atoms with Gasteiger partial charge in [-0.15, -0.1) is 0 Å². The van der Waals surface area contributed by atoms with Crippen molar-refractivity contribution in [1.82, 2.24) is 0 Å². The van der Waals surface area contributed by atoms with Crippen molar-refractivity contribution in [3.05, 3.63) is 29.8 Å². The van der Waals surface area contributed by atoms with Gasteiger partial charge >= 0.3 is 0 Å². The Morgan fingerprint density at radius 1 is 1.41 bits per heavy atom. The number of aliphatic hydroxyl groups excluding tert-OH is 1. The summed E-state index contributed by atoms with van der Waals surface area (Å²) < 4.78 is 0. The molecule has 0 spiro atoms. The van der Waals surface area contributed by atoms with Crippen molar-refractivity contribution in [3.63, 3.8) is 0 Å². The Balaban J connectivity index is 2.15. The van der Waals surface area contributed by atoms with E-state index in [0.717, 1.165) is 19.5 Å². The van der Waals surface area contributed by atoms with Crippen LogP contribution in [0.5, 0.6) is 0 Å². The summed E-state index contributed by atoms with van der Waals surface area (Å²) in [6.07, 6.45) is 0.633. The van der Waals surface area contributed by atoms with Crippen LogP contribution in [0.1, 0.15) is 18.9 Å². The zero-order valence-electron chi connectivity index (χ0n) is 10.6. The molecule has 3 nitrogen and oxygen atoms in total. The number of nitrogens with zero attached hydrogens (tertiary/aromatic N) is 1. The molecular formula is C14H22N2O. The second-order valence-electron chi connectivity index (χ2n) is 5.24. The number of aryl methyl sites for hydroxylation is 1. The number of rotatable bonds is 2. The first kappa shape index (κ1) is 12.4. The lowest BCUT2D eigenvalue weighted by atomic mass is 9.90. The molecule has 0 saturated carbocycles. The first-order valence-corrected chi connectivity index (χ1v) is 6.31. The van der Waals surface area contributed by atoms with E-state index in [0.29, 0.717) is 0 Å². The van der Waals surface area contributed by atoms with Crippen molar-refractivity contribution in [2.24, 2.45) is 11.7 Å². The molecule has 1 fully saturated rings. The van der Waals surface area contributed by atoms with Gasteiger partial charge in [-0.2, -0.15) is 0 Å². The molecule has 0 aromatic heterocycles. The molecule has 0 aliphatic carbocycles. The summed E-state index contributed by atoms with van der Waals surface area (Å²) in [6, 6.07) is 8.62. The van der Waals surface area contributed by atoms with Crippen LogP contribution in [0.15, 0.2) is 24.3 Å². The predicted octanol–water partition coefficient (Wildman–Crippen LogP) is 1.53. The lowest BCUT2D eigenvalue weighted by Gasteiger charge is -2.39. The van der Waals surface area contributed by atoms with Gasteiger partial charge < -0.3 is 15.7 Å². The quantitative estimate of drug-likeness (QED) is 0.816. The first-order chi connectivity index (χ1) is 8.06. The van der Waals surface area contributed by atoms with Crippen molar-refractivity contribution in [1.29, 1.82) is 0 Å². The maximum Gasteiger partial charge on any atom is 0.0557 e. The van der Waals surface area contributed by atoms with Crippen LogP contribution >= 0.6 is 0 Å². The highest BCUT2D eigenvalue weighted by molar-refractivity contribution is 5.49. The summed E-state index contributed by atoms with van der Waals surface area (Å²) in [5.41, 5.74) is 8.55. The van der Waals surface area contributed by atoms with Gasteiger partial charge in [0, 0.05) is 30.7 Å². The van der Waals surface area contributed by atoms with E-state index in [1.165, 1.54) is 11.3 Å². The number of piperidine rings is 1. The summed E-state index contributed by atoms with van der Waals surface area (Å²) >= 11 is 0. The largest absolute Gasteiger partial charge is 0.393 e. The molecule has 17 heavy (non-hydrogen) atoms. The van der Waals surface area contributed by atoms with Gasteiger partial charge in [0.25, 0.3) is 0 Å². The Bertz CT molecular complexity index is 378. The van der Waals surface area contributed by atoms with Gasteiger partial charge in [0.05, 0.1) is 6.10 Å². The van der Waals surface area contributed by atoms with Crippen molar-refractivity contribution in [2.45, 2.75) is 32.4 Å². The van der Waals surface area contributed by atoms with Crippen LogP contribution in [0.25, 0.3) is 0 Å². The molecule has 3 heteroatoms. The maximum atomic E-state index is 9.73. The minimum absolute atomic E-state index is 0.156. The third-order valence-electron chi connectivity index (χ3n) is 3.56. The van der Waals surface area contributed by atoms with Gasteiger partial charge in [-0.25, -0.2) is 0 Å². The zero-order chi connectivity index (χ0) is 12.4. The number of aliphatic hydroxyl groups is 1. The molecule has 0 amide bonds. The fourth-order valence-electron chi connectivity index (χ4n) is 2.56.